The summed E-state index contributed by atoms with van der Waals surface area (Å²) in [5.74, 6) is 0. The molecule has 0 atom stereocenters. The first-order chi connectivity index (χ1) is 12.5. The first-order valence-corrected chi connectivity index (χ1v) is 10.8. The van der Waals surface area contributed by atoms with Crippen LogP contribution in [0.15, 0.2) is 60.7 Å². The quantitative estimate of drug-likeness (QED) is 0.342. The highest BCUT2D eigenvalue weighted by Gasteiger charge is 2.43. The fourth-order valence-corrected chi connectivity index (χ4v) is 5.08. The highest BCUT2D eigenvalue weighted by molar-refractivity contribution is 6.60. The van der Waals surface area contributed by atoms with Gasteiger partial charge in [0.15, 0.2) is 0 Å². The minimum Gasteiger partial charge on any atom is -0.385 e. The van der Waals surface area contributed by atoms with Crippen LogP contribution >= 0.6 is 0 Å². The van der Waals surface area contributed by atoms with Crippen molar-refractivity contribution in [3.05, 3.63) is 60.7 Å². The standard InChI is InChI=1S/C20H30N2O3Si/c1-20(2,22-19-14-9-6-10-15-19)25-26(23-3,24-4)17-11-16-21-18-12-7-5-8-13-18/h5-10,12-15,21-22H,11,16-17H2,1-4H3. The Kier molecular flexibility index (Phi) is 7.65. The Balaban J connectivity index is 1.90. The molecule has 2 rings (SSSR count). The Morgan fingerprint density at radius 3 is 1.92 bits per heavy atom. The van der Waals surface area contributed by atoms with Gasteiger partial charge in [0.1, 0.15) is 5.72 Å². The summed E-state index contributed by atoms with van der Waals surface area (Å²) in [6.45, 7) is 4.81. The first kappa shape index (κ1) is 20.4. The van der Waals surface area contributed by atoms with Gasteiger partial charge in [0, 0.05) is 38.2 Å². The summed E-state index contributed by atoms with van der Waals surface area (Å²) in [5, 5.41) is 6.80. The average Bonchev–Trinajstić information content (AvgIpc) is 2.65. The molecular weight excluding hydrogens is 344 g/mol. The summed E-state index contributed by atoms with van der Waals surface area (Å²) < 4.78 is 17.8. The fraction of sp³-hybridized carbons (Fsp3) is 0.400. The molecule has 0 amide bonds. The van der Waals surface area contributed by atoms with Gasteiger partial charge in [0.2, 0.25) is 0 Å². The van der Waals surface area contributed by atoms with E-state index in [0.29, 0.717) is 0 Å². The largest absolute Gasteiger partial charge is 0.502 e. The number of hydrogen-bond acceptors (Lipinski definition) is 5. The maximum Gasteiger partial charge on any atom is 0.502 e. The van der Waals surface area contributed by atoms with Gasteiger partial charge in [-0.3, -0.25) is 0 Å². The molecule has 0 unspecified atom stereocenters. The van der Waals surface area contributed by atoms with Crippen LogP contribution in [0.1, 0.15) is 20.3 Å². The summed E-state index contributed by atoms with van der Waals surface area (Å²) >= 11 is 0. The maximum absolute atomic E-state index is 6.34. The molecule has 0 aromatic heterocycles. The van der Waals surface area contributed by atoms with Crippen LogP contribution in [0, 0.1) is 0 Å². The SMILES string of the molecule is CO[Si](CCCNc1ccccc1)(OC)OC(C)(C)Nc1ccccc1. The molecule has 0 radical (unpaired) electrons. The molecule has 5 nitrogen and oxygen atoms in total. The van der Waals surface area contributed by atoms with E-state index in [1.165, 1.54) is 0 Å². The molecule has 0 bridgehead atoms. The third-order valence-electron chi connectivity index (χ3n) is 4.01. The number of benzene rings is 2. The van der Waals surface area contributed by atoms with Gasteiger partial charge in [-0.25, -0.2) is 0 Å². The Hall–Kier alpha value is -1.86. The Morgan fingerprint density at radius 1 is 0.846 bits per heavy atom. The predicted octanol–water partition coefficient (Wildman–Crippen LogP) is 4.59. The van der Waals surface area contributed by atoms with E-state index in [1.54, 1.807) is 14.2 Å². The number of anilines is 2. The van der Waals surface area contributed by atoms with Crippen molar-refractivity contribution in [3.8, 4) is 0 Å². The zero-order chi connectivity index (χ0) is 18.9. The predicted molar refractivity (Wildman–Crippen MR) is 109 cm³/mol. The van der Waals surface area contributed by atoms with Crippen LogP contribution in [0.2, 0.25) is 6.04 Å². The van der Waals surface area contributed by atoms with Crippen LogP contribution in [0.5, 0.6) is 0 Å². The summed E-state index contributed by atoms with van der Waals surface area (Å²) in [6.07, 6.45) is 0.893. The van der Waals surface area contributed by atoms with Gasteiger partial charge in [-0.2, -0.15) is 0 Å². The van der Waals surface area contributed by atoms with Crippen LogP contribution in [-0.2, 0) is 13.3 Å². The molecule has 0 heterocycles. The second-order valence-corrected chi connectivity index (χ2v) is 9.48. The number of rotatable bonds is 11. The summed E-state index contributed by atoms with van der Waals surface area (Å²) in [5.41, 5.74) is 1.51. The van der Waals surface area contributed by atoms with Crippen LogP contribution in [0.4, 0.5) is 11.4 Å². The smallest absolute Gasteiger partial charge is 0.385 e. The van der Waals surface area contributed by atoms with E-state index in [9.17, 15) is 0 Å². The zero-order valence-electron chi connectivity index (χ0n) is 16.1. The topological polar surface area (TPSA) is 51.8 Å². The lowest BCUT2D eigenvalue weighted by Gasteiger charge is -2.37. The van der Waals surface area contributed by atoms with Gasteiger partial charge in [-0.15, -0.1) is 0 Å². The van der Waals surface area contributed by atoms with E-state index >= 15 is 0 Å². The van der Waals surface area contributed by atoms with E-state index in [-0.39, 0.29) is 0 Å². The van der Waals surface area contributed by atoms with Gasteiger partial charge >= 0.3 is 8.80 Å². The molecule has 0 fully saturated rings. The molecule has 0 saturated heterocycles. The van der Waals surface area contributed by atoms with Crippen molar-refractivity contribution in [1.82, 2.24) is 0 Å². The second-order valence-electron chi connectivity index (χ2n) is 6.59. The monoisotopic (exact) mass is 374 g/mol. The molecule has 0 saturated carbocycles. The number of hydrogen-bond donors (Lipinski definition) is 2. The van der Waals surface area contributed by atoms with Gasteiger partial charge < -0.3 is 23.9 Å². The van der Waals surface area contributed by atoms with Crippen molar-refractivity contribution < 1.29 is 13.3 Å². The van der Waals surface area contributed by atoms with Gasteiger partial charge in [-0.1, -0.05) is 36.4 Å². The summed E-state index contributed by atoms with van der Waals surface area (Å²) in [4.78, 5) is 0. The summed E-state index contributed by atoms with van der Waals surface area (Å²) in [6, 6.07) is 20.9. The van der Waals surface area contributed by atoms with Crippen molar-refractivity contribution >= 4 is 20.2 Å². The lowest BCUT2D eigenvalue weighted by Crippen LogP contribution is -2.52. The molecule has 6 heteroatoms. The van der Waals surface area contributed by atoms with Crippen molar-refractivity contribution in [3.63, 3.8) is 0 Å². The van der Waals surface area contributed by atoms with E-state index in [1.807, 2.05) is 62.4 Å². The van der Waals surface area contributed by atoms with Gasteiger partial charge in [0.25, 0.3) is 0 Å². The first-order valence-electron chi connectivity index (χ1n) is 8.91. The third kappa shape index (κ3) is 6.46. The van der Waals surface area contributed by atoms with Crippen molar-refractivity contribution in [2.45, 2.75) is 32.0 Å². The van der Waals surface area contributed by atoms with E-state index in [0.717, 1.165) is 30.4 Å². The summed E-state index contributed by atoms with van der Waals surface area (Å²) in [7, 11) is 0.558. The van der Waals surface area contributed by atoms with Crippen molar-refractivity contribution in [2.75, 3.05) is 31.4 Å². The highest BCUT2D eigenvalue weighted by Crippen LogP contribution is 2.25. The Bertz CT molecular complexity index is 634. The van der Waals surface area contributed by atoms with Crippen molar-refractivity contribution in [2.24, 2.45) is 0 Å². The molecule has 0 aliphatic carbocycles. The number of nitrogens with one attached hydrogen (secondary N) is 2. The lowest BCUT2D eigenvalue weighted by atomic mass is 10.2. The van der Waals surface area contributed by atoms with Gasteiger partial charge in [-0.05, 0) is 44.5 Å². The normalized spacial score (nSPS) is 12.0. The Labute approximate surface area is 158 Å². The fourth-order valence-electron chi connectivity index (χ4n) is 2.80. The zero-order valence-corrected chi connectivity index (χ0v) is 17.1. The van der Waals surface area contributed by atoms with Crippen LogP contribution in [0.25, 0.3) is 0 Å². The molecule has 0 spiro atoms. The highest BCUT2D eigenvalue weighted by atomic mass is 28.4. The molecular formula is C20H30N2O3Si. The Morgan fingerprint density at radius 2 is 1.38 bits per heavy atom. The van der Waals surface area contributed by atoms with E-state index in [4.69, 9.17) is 13.3 Å². The van der Waals surface area contributed by atoms with Crippen LogP contribution in [-0.4, -0.2) is 35.3 Å². The van der Waals surface area contributed by atoms with E-state index < -0.39 is 14.5 Å². The van der Waals surface area contributed by atoms with Gasteiger partial charge in [0.05, 0.1) is 0 Å². The maximum atomic E-state index is 6.34. The number of para-hydroxylation sites is 2. The average molecular weight is 375 g/mol. The molecule has 0 aliphatic heterocycles. The third-order valence-corrected chi connectivity index (χ3v) is 7.05. The second kappa shape index (κ2) is 9.73. The molecule has 142 valence electrons. The van der Waals surface area contributed by atoms with Crippen molar-refractivity contribution in [1.29, 1.82) is 0 Å². The molecule has 2 N–H and O–H groups in total. The van der Waals surface area contributed by atoms with E-state index in [2.05, 4.69) is 22.8 Å². The molecule has 2 aromatic carbocycles. The minimum absolute atomic E-state index is 0.605. The molecule has 2 aromatic rings. The van der Waals surface area contributed by atoms with Crippen LogP contribution < -0.4 is 10.6 Å². The lowest BCUT2D eigenvalue weighted by molar-refractivity contribution is 0.0217. The molecule has 0 aliphatic rings. The minimum atomic E-state index is -2.77. The van der Waals surface area contributed by atoms with Crippen LogP contribution in [0.3, 0.4) is 0 Å². The molecule has 26 heavy (non-hydrogen) atoms.